The standard InChI is InChI=1S/C22H23FN2O/c1-15-4-6-16(7-5-15)10-12-22-21(2,3)18-14-17(23)8-9-19(18)25(22)13-11-20(26)24-22/h4-10,12,14H,11,13H2,1-3H3,(H,24,26). The number of hydrogen-bond donors (Lipinski definition) is 1. The van der Waals surface area contributed by atoms with Gasteiger partial charge < -0.3 is 10.2 Å². The first-order valence-electron chi connectivity index (χ1n) is 8.98. The van der Waals surface area contributed by atoms with E-state index in [1.54, 1.807) is 6.07 Å². The number of nitrogens with one attached hydrogen (secondary N) is 1. The Morgan fingerprint density at radius 3 is 2.62 bits per heavy atom. The summed E-state index contributed by atoms with van der Waals surface area (Å²) >= 11 is 0. The summed E-state index contributed by atoms with van der Waals surface area (Å²) in [5.41, 5.74) is 3.02. The molecular weight excluding hydrogens is 327 g/mol. The predicted octanol–water partition coefficient (Wildman–Crippen LogP) is 4.16. The summed E-state index contributed by atoms with van der Waals surface area (Å²) in [7, 11) is 0. The minimum absolute atomic E-state index is 0.0242. The number of rotatable bonds is 2. The van der Waals surface area contributed by atoms with Gasteiger partial charge in [-0.15, -0.1) is 0 Å². The Labute approximate surface area is 153 Å². The molecular formula is C22H23FN2O. The maximum Gasteiger partial charge on any atom is 0.223 e. The minimum Gasteiger partial charge on any atom is -0.344 e. The van der Waals surface area contributed by atoms with Gasteiger partial charge in [0.2, 0.25) is 5.91 Å². The van der Waals surface area contributed by atoms with Crippen molar-refractivity contribution in [2.24, 2.45) is 0 Å². The Hall–Kier alpha value is -2.62. The van der Waals surface area contributed by atoms with Crippen LogP contribution in [0.5, 0.6) is 0 Å². The summed E-state index contributed by atoms with van der Waals surface area (Å²) in [4.78, 5) is 14.5. The maximum atomic E-state index is 13.9. The summed E-state index contributed by atoms with van der Waals surface area (Å²) in [5.74, 6) is -0.225. The third kappa shape index (κ3) is 2.36. The monoisotopic (exact) mass is 350 g/mol. The zero-order chi connectivity index (χ0) is 18.5. The average molecular weight is 350 g/mol. The van der Waals surface area contributed by atoms with Gasteiger partial charge in [-0.3, -0.25) is 4.79 Å². The second kappa shape index (κ2) is 5.70. The molecule has 4 rings (SSSR count). The fraction of sp³-hybridized carbons (Fsp3) is 0.318. The first-order valence-corrected chi connectivity index (χ1v) is 8.98. The SMILES string of the molecule is Cc1ccc(C=CC23NC(=O)CCN2c2ccc(F)cc2C3(C)C)cc1. The quantitative estimate of drug-likeness (QED) is 0.882. The van der Waals surface area contributed by atoms with Crippen molar-refractivity contribution in [2.75, 3.05) is 11.4 Å². The number of carbonyl (C=O) groups is 1. The van der Waals surface area contributed by atoms with Gasteiger partial charge in [0.1, 0.15) is 11.5 Å². The lowest BCUT2D eigenvalue weighted by Crippen LogP contribution is -2.68. The molecule has 134 valence electrons. The molecule has 1 N–H and O–H groups in total. The summed E-state index contributed by atoms with van der Waals surface area (Å²) < 4.78 is 13.9. The van der Waals surface area contributed by atoms with Crippen molar-refractivity contribution < 1.29 is 9.18 Å². The second-order valence-corrected chi connectivity index (χ2v) is 7.75. The number of anilines is 1. The van der Waals surface area contributed by atoms with E-state index in [4.69, 9.17) is 0 Å². The van der Waals surface area contributed by atoms with Crippen molar-refractivity contribution in [3.8, 4) is 0 Å². The van der Waals surface area contributed by atoms with E-state index in [9.17, 15) is 9.18 Å². The smallest absolute Gasteiger partial charge is 0.223 e. The van der Waals surface area contributed by atoms with Crippen molar-refractivity contribution in [3.05, 3.63) is 71.0 Å². The number of amides is 1. The van der Waals surface area contributed by atoms with Crippen LogP contribution in [0.4, 0.5) is 10.1 Å². The number of carbonyl (C=O) groups excluding carboxylic acids is 1. The highest BCUT2D eigenvalue weighted by atomic mass is 19.1. The summed E-state index contributed by atoms with van der Waals surface area (Å²) in [6.07, 6.45) is 4.54. The zero-order valence-corrected chi connectivity index (χ0v) is 15.3. The molecule has 0 radical (unpaired) electrons. The number of aryl methyl sites for hydroxylation is 1. The summed E-state index contributed by atoms with van der Waals surface area (Å²) in [6, 6.07) is 13.2. The molecule has 0 bridgehead atoms. The lowest BCUT2D eigenvalue weighted by molar-refractivity contribution is -0.124. The molecule has 0 saturated carbocycles. The van der Waals surface area contributed by atoms with Crippen LogP contribution in [0.3, 0.4) is 0 Å². The van der Waals surface area contributed by atoms with Crippen molar-refractivity contribution in [1.82, 2.24) is 5.32 Å². The number of fused-ring (bicyclic) bond motifs is 3. The maximum absolute atomic E-state index is 13.9. The van der Waals surface area contributed by atoms with E-state index in [2.05, 4.69) is 61.3 Å². The molecule has 0 aliphatic carbocycles. The van der Waals surface area contributed by atoms with Crippen LogP contribution in [0.25, 0.3) is 6.08 Å². The van der Waals surface area contributed by atoms with Crippen LogP contribution in [-0.2, 0) is 10.2 Å². The third-order valence-corrected chi connectivity index (χ3v) is 5.79. The van der Waals surface area contributed by atoms with Crippen LogP contribution in [0.15, 0.2) is 48.5 Å². The average Bonchev–Trinajstić information content (AvgIpc) is 2.79. The van der Waals surface area contributed by atoms with Gasteiger partial charge in [0.25, 0.3) is 0 Å². The first-order chi connectivity index (χ1) is 12.3. The van der Waals surface area contributed by atoms with Crippen LogP contribution < -0.4 is 10.2 Å². The molecule has 2 heterocycles. The van der Waals surface area contributed by atoms with Crippen molar-refractivity contribution in [2.45, 2.75) is 38.3 Å². The van der Waals surface area contributed by atoms with E-state index in [1.807, 2.05) is 12.1 Å². The molecule has 1 atom stereocenters. The lowest BCUT2D eigenvalue weighted by Gasteiger charge is -2.49. The molecule has 26 heavy (non-hydrogen) atoms. The minimum atomic E-state index is -0.705. The van der Waals surface area contributed by atoms with Crippen molar-refractivity contribution in [1.29, 1.82) is 0 Å². The zero-order valence-electron chi connectivity index (χ0n) is 15.3. The van der Waals surface area contributed by atoms with E-state index in [0.717, 1.165) is 16.8 Å². The Balaban J connectivity index is 1.84. The Bertz CT molecular complexity index is 901. The molecule has 1 unspecified atom stereocenters. The van der Waals surface area contributed by atoms with E-state index < -0.39 is 11.1 Å². The van der Waals surface area contributed by atoms with E-state index >= 15 is 0 Å². The largest absolute Gasteiger partial charge is 0.344 e. The first kappa shape index (κ1) is 16.8. The van der Waals surface area contributed by atoms with Gasteiger partial charge in [0, 0.05) is 24.1 Å². The van der Waals surface area contributed by atoms with Gasteiger partial charge >= 0.3 is 0 Å². The number of halogens is 1. The summed E-state index contributed by atoms with van der Waals surface area (Å²) in [6.45, 7) is 6.80. The third-order valence-electron chi connectivity index (χ3n) is 5.79. The molecule has 1 amide bonds. The highest BCUT2D eigenvalue weighted by Gasteiger charge is 2.57. The second-order valence-electron chi connectivity index (χ2n) is 7.75. The molecule has 2 aliphatic rings. The van der Waals surface area contributed by atoms with Crippen molar-refractivity contribution >= 4 is 17.7 Å². The van der Waals surface area contributed by atoms with Crippen molar-refractivity contribution in [3.63, 3.8) is 0 Å². The van der Waals surface area contributed by atoms with Gasteiger partial charge in [0.15, 0.2) is 0 Å². The lowest BCUT2D eigenvalue weighted by atomic mass is 9.74. The highest BCUT2D eigenvalue weighted by molar-refractivity contribution is 5.84. The summed E-state index contributed by atoms with van der Waals surface area (Å²) in [5, 5.41) is 3.21. The molecule has 2 aromatic rings. The number of nitrogens with zero attached hydrogens (tertiary/aromatic N) is 1. The molecule has 2 aromatic carbocycles. The van der Waals surface area contributed by atoms with E-state index in [0.29, 0.717) is 13.0 Å². The van der Waals surface area contributed by atoms with Crippen LogP contribution in [-0.4, -0.2) is 18.1 Å². The van der Waals surface area contributed by atoms with E-state index in [1.165, 1.54) is 11.6 Å². The molecule has 1 fully saturated rings. The fourth-order valence-electron chi connectivity index (χ4n) is 4.22. The molecule has 0 spiro atoms. The Kier molecular flexibility index (Phi) is 3.69. The Morgan fingerprint density at radius 2 is 1.88 bits per heavy atom. The molecule has 2 aliphatic heterocycles. The molecule has 1 saturated heterocycles. The van der Waals surface area contributed by atoms with Crippen LogP contribution in [0.2, 0.25) is 0 Å². The highest BCUT2D eigenvalue weighted by Crippen LogP contribution is 2.52. The van der Waals surface area contributed by atoms with Crippen LogP contribution >= 0.6 is 0 Å². The van der Waals surface area contributed by atoms with Gasteiger partial charge in [-0.1, -0.05) is 49.8 Å². The Morgan fingerprint density at radius 1 is 1.15 bits per heavy atom. The molecule has 4 heteroatoms. The molecule has 0 aromatic heterocycles. The molecule has 3 nitrogen and oxygen atoms in total. The number of benzene rings is 2. The van der Waals surface area contributed by atoms with Crippen LogP contribution in [0, 0.1) is 12.7 Å². The van der Waals surface area contributed by atoms with Gasteiger partial charge in [-0.25, -0.2) is 4.39 Å². The van der Waals surface area contributed by atoms with Crippen LogP contribution in [0.1, 0.15) is 37.0 Å². The normalized spacial score (nSPS) is 23.7. The fourth-order valence-corrected chi connectivity index (χ4v) is 4.22. The predicted molar refractivity (Wildman–Crippen MR) is 102 cm³/mol. The number of hydrogen-bond acceptors (Lipinski definition) is 2. The van der Waals surface area contributed by atoms with E-state index in [-0.39, 0.29) is 11.7 Å². The van der Waals surface area contributed by atoms with Gasteiger partial charge in [0.05, 0.1) is 0 Å². The van der Waals surface area contributed by atoms with Gasteiger partial charge in [-0.2, -0.15) is 0 Å². The van der Waals surface area contributed by atoms with Gasteiger partial charge in [-0.05, 0) is 42.3 Å². The topological polar surface area (TPSA) is 32.3 Å².